The first kappa shape index (κ1) is 30.2. The van der Waals surface area contributed by atoms with Crippen molar-refractivity contribution in [2.75, 3.05) is 39.6 Å². The van der Waals surface area contributed by atoms with Crippen LogP contribution in [0.2, 0.25) is 0 Å². The number of carbonyl (C=O) groups excluding carboxylic acids is 6. The van der Waals surface area contributed by atoms with Crippen molar-refractivity contribution in [3.8, 4) is 0 Å². The van der Waals surface area contributed by atoms with Gasteiger partial charge in [0.05, 0.1) is 26.4 Å². The summed E-state index contributed by atoms with van der Waals surface area (Å²) in [5.41, 5.74) is 1.11. The molecule has 204 valence electrons. The van der Waals surface area contributed by atoms with Crippen LogP contribution in [-0.4, -0.2) is 75.1 Å². The van der Waals surface area contributed by atoms with E-state index < -0.39 is 23.9 Å². The predicted molar refractivity (Wildman–Crippen MR) is 127 cm³/mol. The molecule has 0 spiro atoms. The quantitative estimate of drug-likeness (QED) is 0.131. The molecule has 11 heteroatoms. The first-order chi connectivity index (χ1) is 17.7. The Morgan fingerprint density at radius 3 is 1.22 bits per heavy atom. The van der Waals surface area contributed by atoms with Gasteiger partial charge in [-0.05, 0) is 39.5 Å². The zero-order valence-electron chi connectivity index (χ0n) is 21.4. The second-order valence-corrected chi connectivity index (χ2v) is 8.68. The molecule has 0 aromatic rings. The molecule has 2 heterocycles. The van der Waals surface area contributed by atoms with Crippen LogP contribution < -0.4 is 0 Å². The molecule has 2 rings (SSSR count). The van der Waals surface area contributed by atoms with Crippen LogP contribution in [0.4, 0.5) is 0 Å². The summed E-state index contributed by atoms with van der Waals surface area (Å²) in [6.07, 6.45) is 2.56. The van der Waals surface area contributed by atoms with E-state index in [0.29, 0.717) is 65.3 Å². The number of carbonyl (C=O) groups is 6. The molecule has 0 atom stereocenters. The lowest BCUT2D eigenvalue weighted by molar-refractivity contribution is -0.152. The maximum Gasteiger partial charge on any atom is 0.342 e. The fourth-order valence-corrected chi connectivity index (χ4v) is 3.64. The molecule has 0 amide bonds. The zero-order valence-corrected chi connectivity index (χ0v) is 21.4. The number of cyclic esters (lactones) is 4. The van der Waals surface area contributed by atoms with E-state index in [1.165, 1.54) is 13.8 Å². The van der Waals surface area contributed by atoms with Gasteiger partial charge in [0.2, 0.25) is 0 Å². The Hall–Kier alpha value is -3.02. The Morgan fingerprint density at radius 1 is 0.541 bits per heavy atom. The van der Waals surface area contributed by atoms with Crippen molar-refractivity contribution in [1.82, 2.24) is 0 Å². The monoisotopic (exact) mass is 522 g/mol. The van der Waals surface area contributed by atoms with E-state index in [4.69, 9.17) is 14.2 Å². The van der Waals surface area contributed by atoms with Crippen molar-refractivity contribution < 1.29 is 52.5 Å². The zero-order chi connectivity index (χ0) is 27.2. The Morgan fingerprint density at radius 2 is 0.892 bits per heavy atom. The molecule has 37 heavy (non-hydrogen) atoms. The molecule has 0 aromatic heterocycles. The Kier molecular flexibility index (Phi) is 13.0. The predicted octanol–water partition coefficient (Wildman–Crippen LogP) is 2.10. The van der Waals surface area contributed by atoms with E-state index in [0.717, 1.165) is 0 Å². The molecular weight excluding hydrogens is 488 g/mol. The topological polar surface area (TPSA) is 149 Å². The van der Waals surface area contributed by atoms with E-state index >= 15 is 0 Å². The molecule has 0 fully saturated rings. The van der Waals surface area contributed by atoms with Gasteiger partial charge >= 0.3 is 23.9 Å². The van der Waals surface area contributed by atoms with Gasteiger partial charge in [-0.15, -0.1) is 0 Å². The minimum absolute atomic E-state index is 0.00589. The molecule has 0 N–H and O–H groups in total. The van der Waals surface area contributed by atoms with Gasteiger partial charge in [0.25, 0.3) is 0 Å². The van der Waals surface area contributed by atoms with Crippen molar-refractivity contribution in [2.24, 2.45) is 0 Å². The van der Waals surface area contributed by atoms with Crippen molar-refractivity contribution in [3.05, 3.63) is 22.3 Å². The fraction of sp³-hybridized carbons (Fsp3) is 0.615. The minimum Gasteiger partial charge on any atom is -0.386 e. The third-order valence-corrected chi connectivity index (χ3v) is 5.92. The molecule has 2 aliphatic rings. The van der Waals surface area contributed by atoms with E-state index in [1.807, 2.05) is 0 Å². The van der Waals surface area contributed by atoms with Crippen molar-refractivity contribution in [1.29, 1.82) is 0 Å². The van der Waals surface area contributed by atoms with Crippen LogP contribution in [0.5, 0.6) is 0 Å². The number of ether oxygens (including phenoxy) is 5. The van der Waals surface area contributed by atoms with Gasteiger partial charge in [-0.3, -0.25) is 9.59 Å². The highest BCUT2D eigenvalue weighted by Gasteiger charge is 2.30. The Balaban J connectivity index is 1.35. The average molecular weight is 523 g/mol. The third-order valence-electron chi connectivity index (χ3n) is 5.92. The molecule has 0 unspecified atom stereocenters. The summed E-state index contributed by atoms with van der Waals surface area (Å²) in [4.78, 5) is 69.4. The number of ketones is 2. The first-order valence-corrected chi connectivity index (χ1v) is 12.4. The van der Waals surface area contributed by atoms with E-state index in [-0.39, 0.29) is 59.5 Å². The number of esters is 4. The van der Waals surface area contributed by atoms with Crippen LogP contribution in [0, 0.1) is 0 Å². The van der Waals surface area contributed by atoms with Gasteiger partial charge in [-0.2, -0.15) is 0 Å². The Bertz CT molecular complexity index is 882. The molecule has 0 aliphatic carbocycles. The fourth-order valence-electron chi connectivity index (χ4n) is 3.64. The summed E-state index contributed by atoms with van der Waals surface area (Å²) >= 11 is 0. The summed E-state index contributed by atoms with van der Waals surface area (Å²) in [6, 6.07) is 0. The highest BCUT2D eigenvalue weighted by molar-refractivity contribution is 6.12. The van der Waals surface area contributed by atoms with Crippen LogP contribution in [-0.2, 0) is 52.5 Å². The first-order valence-electron chi connectivity index (χ1n) is 12.4. The third kappa shape index (κ3) is 10.5. The maximum absolute atomic E-state index is 11.9. The van der Waals surface area contributed by atoms with Crippen molar-refractivity contribution in [2.45, 2.75) is 65.2 Å². The standard InChI is InChI=1S/C26H34O11/c1-17-21(25(31)36-23(17)29)9-7-19(27)5-3-11-33-13-15-35-16-14-34-12-4-6-20(28)8-10-22-18(2)24(30)37-26(22)32/h3-16H2,1-2H3. The average Bonchev–Trinajstić information content (AvgIpc) is 3.25. The molecular formula is C26H34O11. The van der Waals surface area contributed by atoms with Gasteiger partial charge in [0.1, 0.15) is 11.6 Å². The number of rotatable bonds is 20. The maximum atomic E-state index is 11.9. The van der Waals surface area contributed by atoms with Crippen LogP contribution in [0.15, 0.2) is 22.3 Å². The molecule has 11 nitrogen and oxygen atoms in total. The summed E-state index contributed by atoms with van der Waals surface area (Å²) < 4.78 is 25.3. The molecule has 0 bridgehead atoms. The number of hydrogen-bond donors (Lipinski definition) is 0. The smallest absolute Gasteiger partial charge is 0.342 e. The van der Waals surface area contributed by atoms with E-state index in [1.54, 1.807) is 0 Å². The summed E-state index contributed by atoms with van der Waals surface area (Å²) in [7, 11) is 0. The largest absolute Gasteiger partial charge is 0.386 e. The highest BCUT2D eigenvalue weighted by atomic mass is 16.6. The van der Waals surface area contributed by atoms with Crippen LogP contribution in [0.1, 0.15) is 65.2 Å². The van der Waals surface area contributed by atoms with E-state index in [9.17, 15) is 28.8 Å². The van der Waals surface area contributed by atoms with Crippen molar-refractivity contribution in [3.63, 3.8) is 0 Å². The van der Waals surface area contributed by atoms with E-state index in [2.05, 4.69) is 9.47 Å². The minimum atomic E-state index is -0.659. The van der Waals surface area contributed by atoms with Gasteiger partial charge < -0.3 is 23.7 Å². The molecule has 0 saturated heterocycles. The summed E-state index contributed by atoms with van der Waals surface area (Å²) in [6.45, 7) is 5.41. The van der Waals surface area contributed by atoms with Crippen LogP contribution >= 0.6 is 0 Å². The summed E-state index contributed by atoms with van der Waals surface area (Å²) in [5, 5.41) is 0. The van der Waals surface area contributed by atoms with Gasteiger partial charge in [-0.25, -0.2) is 19.2 Å². The van der Waals surface area contributed by atoms with Crippen molar-refractivity contribution >= 4 is 35.4 Å². The van der Waals surface area contributed by atoms with Crippen LogP contribution in [0.25, 0.3) is 0 Å². The van der Waals surface area contributed by atoms with Gasteiger partial charge in [0, 0.05) is 61.2 Å². The number of Topliss-reactive ketones (excluding diaryl/α,β-unsaturated/α-hetero) is 2. The summed E-state index contributed by atoms with van der Waals surface area (Å²) in [5.74, 6) is -2.61. The van der Waals surface area contributed by atoms with Gasteiger partial charge in [0.15, 0.2) is 0 Å². The molecule has 0 radical (unpaired) electrons. The second kappa shape index (κ2) is 16.0. The lowest BCUT2D eigenvalue weighted by atomic mass is 10.0. The lowest BCUT2D eigenvalue weighted by Crippen LogP contribution is -2.11. The van der Waals surface area contributed by atoms with Gasteiger partial charge in [-0.1, -0.05) is 0 Å². The second-order valence-electron chi connectivity index (χ2n) is 8.68. The SMILES string of the molecule is CC1=C(CCC(=O)CCCOCCOCCOCCCC(=O)CCC2=C(C)C(=O)OC2=O)C(=O)OC1=O. The lowest BCUT2D eigenvalue weighted by Gasteiger charge is -2.07. The number of hydrogen-bond acceptors (Lipinski definition) is 11. The normalized spacial score (nSPS) is 15.6. The Labute approximate surface area is 215 Å². The van der Waals surface area contributed by atoms with Crippen LogP contribution in [0.3, 0.4) is 0 Å². The molecule has 2 aliphatic heterocycles. The highest BCUT2D eigenvalue weighted by Crippen LogP contribution is 2.22. The molecule has 0 saturated carbocycles. The molecule has 0 aromatic carbocycles.